The molecule has 3 N–H and O–H groups in total. The molecule has 0 radical (unpaired) electrons. The maximum Gasteiger partial charge on any atom is 0.423 e. The lowest BCUT2D eigenvalue weighted by molar-refractivity contribution is -0.138. The number of rotatable bonds is 8. The number of anilines is 2. The van der Waals surface area contributed by atoms with Gasteiger partial charge in [-0.2, -0.15) is 31.4 Å². The molecule has 4 heterocycles. The highest BCUT2D eigenvalue weighted by atomic mass is 19.4. The Balaban J connectivity index is 1.36. The maximum absolute atomic E-state index is 15.4. The van der Waals surface area contributed by atoms with Gasteiger partial charge < -0.3 is 19.9 Å². The number of aryl methyl sites for hydroxylation is 1. The third-order valence-electron chi connectivity index (χ3n) is 7.78. The van der Waals surface area contributed by atoms with Crippen LogP contribution in [0.3, 0.4) is 0 Å². The number of nitrogens with zero attached hydrogens (tertiary/aromatic N) is 5. The molecule has 1 unspecified atom stereocenters. The van der Waals surface area contributed by atoms with Gasteiger partial charge in [0.2, 0.25) is 0 Å². The van der Waals surface area contributed by atoms with E-state index >= 15 is 4.39 Å². The van der Waals surface area contributed by atoms with Gasteiger partial charge in [0, 0.05) is 37.6 Å². The molecule has 3 aromatic heterocycles. The van der Waals surface area contributed by atoms with Crippen LogP contribution < -0.4 is 21.3 Å². The molecule has 0 spiro atoms. The molecule has 0 bridgehead atoms. The summed E-state index contributed by atoms with van der Waals surface area (Å²) >= 11 is 0. The molecule has 3 atom stereocenters. The van der Waals surface area contributed by atoms with Crippen LogP contribution >= 0.6 is 0 Å². The average molecular weight is 656 g/mol. The number of benzene rings is 1. The summed E-state index contributed by atoms with van der Waals surface area (Å²) < 4.78 is 98.0. The summed E-state index contributed by atoms with van der Waals surface area (Å²) in [7, 11) is 0. The molecule has 0 amide bonds. The van der Waals surface area contributed by atoms with Crippen LogP contribution in [0.1, 0.15) is 44.2 Å². The van der Waals surface area contributed by atoms with E-state index in [1.54, 1.807) is 18.9 Å². The van der Waals surface area contributed by atoms with Gasteiger partial charge in [-0.1, -0.05) is 0 Å². The van der Waals surface area contributed by atoms with E-state index < -0.39 is 70.1 Å². The molecule has 4 aromatic rings. The minimum absolute atomic E-state index is 0.0113. The minimum Gasteiger partial charge on any atom is -0.391 e. The zero-order valence-corrected chi connectivity index (χ0v) is 24.4. The summed E-state index contributed by atoms with van der Waals surface area (Å²) in [5, 5.41) is 18.1. The summed E-state index contributed by atoms with van der Waals surface area (Å²) in [5.41, 5.74) is -5.16. The molecule has 5 rings (SSSR count). The van der Waals surface area contributed by atoms with Gasteiger partial charge in [-0.25, -0.2) is 19.5 Å². The fraction of sp³-hybridized carbons (Fsp3) is 0.414. The van der Waals surface area contributed by atoms with Gasteiger partial charge in [0.15, 0.2) is 5.82 Å². The molecule has 46 heavy (non-hydrogen) atoms. The van der Waals surface area contributed by atoms with Gasteiger partial charge in [-0.05, 0) is 56.7 Å². The van der Waals surface area contributed by atoms with Crippen molar-refractivity contribution < 1.29 is 35.8 Å². The van der Waals surface area contributed by atoms with E-state index in [0.717, 1.165) is 12.3 Å². The number of alkyl halides is 6. The first-order chi connectivity index (χ1) is 21.5. The summed E-state index contributed by atoms with van der Waals surface area (Å²) in [6, 6.07) is 2.74. The van der Waals surface area contributed by atoms with Crippen LogP contribution in [0, 0.1) is 5.82 Å². The highest BCUT2D eigenvalue weighted by Gasteiger charge is 2.40. The first kappa shape index (κ1) is 32.8. The van der Waals surface area contributed by atoms with E-state index in [-0.39, 0.29) is 41.7 Å². The van der Waals surface area contributed by atoms with Crippen LogP contribution in [0.5, 0.6) is 0 Å². The van der Waals surface area contributed by atoms with Crippen molar-refractivity contribution in [2.24, 2.45) is 0 Å². The van der Waals surface area contributed by atoms with Crippen molar-refractivity contribution in [1.29, 1.82) is 0 Å². The third kappa shape index (κ3) is 6.68. The quantitative estimate of drug-likeness (QED) is 0.228. The Labute approximate surface area is 255 Å². The van der Waals surface area contributed by atoms with E-state index in [1.807, 2.05) is 0 Å². The molecule has 1 aromatic carbocycles. The lowest BCUT2D eigenvalue weighted by atomic mass is 10.1. The zero-order valence-electron chi connectivity index (χ0n) is 24.4. The number of β-amino-alcohol motifs (C(OH)–C–C–N with tert-alkyl or cyclic N) is 1. The van der Waals surface area contributed by atoms with Crippen molar-refractivity contribution in [3.8, 4) is 11.4 Å². The van der Waals surface area contributed by atoms with Crippen molar-refractivity contribution in [3.05, 3.63) is 74.4 Å². The highest BCUT2D eigenvalue weighted by molar-refractivity contribution is 5.86. The Hall–Kier alpha value is -4.54. The van der Waals surface area contributed by atoms with Crippen LogP contribution in [-0.4, -0.2) is 54.6 Å². The van der Waals surface area contributed by atoms with Crippen LogP contribution in [0.15, 0.2) is 46.4 Å². The summed E-state index contributed by atoms with van der Waals surface area (Å²) in [6.07, 6.45) is -6.83. The van der Waals surface area contributed by atoms with Crippen LogP contribution in [0.4, 0.5) is 42.2 Å². The third-order valence-corrected chi connectivity index (χ3v) is 7.78. The van der Waals surface area contributed by atoms with Gasteiger partial charge in [0.05, 0.1) is 28.9 Å². The predicted octanol–water partition coefficient (Wildman–Crippen LogP) is 4.96. The number of aliphatic hydroxyl groups is 1. The molecule has 10 nitrogen and oxygen atoms in total. The predicted molar refractivity (Wildman–Crippen MR) is 154 cm³/mol. The first-order valence-electron chi connectivity index (χ1n) is 14.2. The fourth-order valence-corrected chi connectivity index (χ4v) is 5.57. The summed E-state index contributed by atoms with van der Waals surface area (Å²) in [5.74, 6) is -1.75. The number of fused-ring (bicyclic) bond motifs is 1. The van der Waals surface area contributed by atoms with Crippen molar-refractivity contribution in [2.75, 3.05) is 16.8 Å². The molecule has 1 saturated heterocycles. The number of aliphatic hydroxyl groups excluding tert-OH is 1. The van der Waals surface area contributed by atoms with Crippen LogP contribution in [0.2, 0.25) is 0 Å². The number of aromatic amines is 1. The fourth-order valence-electron chi connectivity index (χ4n) is 5.57. The van der Waals surface area contributed by atoms with Crippen molar-refractivity contribution in [2.45, 2.75) is 70.2 Å². The van der Waals surface area contributed by atoms with E-state index in [4.69, 9.17) is 0 Å². The van der Waals surface area contributed by atoms with E-state index in [0.29, 0.717) is 19.0 Å². The van der Waals surface area contributed by atoms with Crippen LogP contribution in [0.25, 0.3) is 22.2 Å². The molecule has 17 heteroatoms. The lowest BCUT2D eigenvalue weighted by Gasteiger charge is -2.26. The standard InChI is InChI=1S/C29H28F7N7O3/c1-14(39-22-12-38-41-26(45)23(22)29(34,35)36)4-3-6-42-7-5-16-9-19(21(30)10-18(16)27(42)46)24-37-11-20(28(31,32)33)25(40-24)43-13-17(44)8-15(43)2/h5,7,9-12,14-15,17,44H,3-4,6,8,13H2,1-2H3,(H2,39,41,45)/t14?,15-,17+/m0/s1. The second-order valence-electron chi connectivity index (χ2n) is 11.2. The summed E-state index contributed by atoms with van der Waals surface area (Å²) in [4.78, 5) is 34.0. The van der Waals surface area contributed by atoms with E-state index in [1.165, 1.54) is 27.8 Å². The molecule has 1 fully saturated rings. The molecule has 1 aliphatic heterocycles. The van der Waals surface area contributed by atoms with Gasteiger partial charge >= 0.3 is 12.4 Å². The number of nitrogens with one attached hydrogen (secondary N) is 2. The molecular weight excluding hydrogens is 627 g/mol. The van der Waals surface area contributed by atoms with E-state index in [2.05, 4.69) is 20.4 Å². The normalized spacial score (nSPS) is 17.9. The van der Waals surface area contributed by atoms with Gasteiger partial charge in [-0.3, -0.25) is 9.59 Å². The smallest absolute Gasteiger partial charge is 0.391 e. The number of pyridine rings is 1. The number of halogens is 7. The summed E-state index contributed by atoms with van der Waals surface area (Å²) in [6.45, 7) is 3.29. The number of H-pyrrole nitrogens is 1. The van der Waals surface area contributed by atoms with Crippen LogP contribution in [-0.2, 0) is 18.9 Å². The van der Waals surface area contributed by atoms with Gasteiger partial charge in [0.25, 0.3) is 11.1 Å². The maximum atomic E-state index is 15.4. The molecule has 0 aliphatic carbocycles. The Bertz CT molecular complexity index is 1870. The Morgan fingerprint density at radius 2 is 1.87 bits per heavy atom. The largest absolute Gasteiger partial charge is 0.423 e. The topological polar surface area (TPSA) is 129 Å². The van der Waals surface area contributed by atoms with Gasteiger partial charge in [-0.15, -0.1) is 0 Å². The highest BCUT2D eigenvalue weighted by Crippen LogP contribution is 2.39. The lowest BCUT2D eigenvalue weighted by Crippen LogP contribution is -2.31. The SMILES string of the molecule is CC(CCCn1ccc2cc(-c3ncc(C(F)(F)F)c(N4C[C@H](O)C[C@@H]4C)n3)c(F)cc2c1=O)Nc1cn[nH]c(=O)c1C(F)(F)F. The molecule has 1 aliphatic rings. The zero-order chi connectivity index (χ0) is 33.6. The molecule has 0 saturated carbocycles. The number of hydrogen-bond acceptors (Lipinski definition) is 8. The van der Waals surface area contributed by atoms with Gasteiger partial charge in [0.1, 0.15) is 22.8 Å². The average Bonchev–Trinajstić information content (AvgIpc) is 3.30. The first-order valence-corrected chi connectivity index (χ1v) is 14.2. The molecular formula is C29H28F7N7O3. The Kier molecular flexibility index (Phi) is 8.81. The monoisotopic (exact) mass is 655 g/mol. The van der Waals surface area contributed by atoms with Crippen molar-refractivity contribution in [3.63, 3.8) is 0 Å². The second-order valence-corrected chi connectivity index (χ2v) is 11.2. The number of aromatic nitrogens is 5. The van der Waals surface area contributed by atoms with Crippen molar-refractivity contribution in [1.82, 2.24) is 24.7 Å². The number of hydrogen-bond donors (Lipinski definition) is 3. The Morgan fingerprint density at radius 3 is 2.52 bits per heavy atom. The Morgan fingerprint density at radius 1 is 1.13 bits per heavy atom. The molecule has 246 valence electrons. The minimum atomic E-state index is -4.90. The van der Waals surface area contributed by atoms with E-state index in [9.17, 15) is 41.0 Å². The second kappa shape index (κ2) is 12.3. The van der Waals surface area contributed by atoms with Crippen molar-refractivity contribution >= 4 is 22.3 Å².